The van der Waals surface area contributed by atoms with Gasteiger partial charge in [-0.3, -0.25) is 0 Å². The zero-order chi connectivity index (χ0) is 14.6. The summed E-state index contributed by atoms with van der Waals surface area (Å²) in [6, 6.07) is 4.83. The van der Waals surface area contributed by atoms with Crippen molar-refractivity contribution in [3.05, 3.63) is 34.4 Å². The fraction of sp³-hybridized carbons (Fsp3) is 0.625. The summed E-state index contributed by atoms with van der Waals surface area (Å²) in [5.74, 6) is 0. The molecular formula is C16H28N2O. The number of nitrogens with one attached hydrogen (secondary N) is 1. The van der Waals surface area contributed by atoms with E-state index in [2.05, 4.69) is 45.1 Å². The van der Waals surface area contributed by atoms with Crippen molar-refractivity contribution in [1.82, 2.24) is 5.32 Å². The second kappa shape index (κ2) is 7.04. The Hall–Kier alpha value is -0.900. The summed E-state index contributed by atoms with van der Waals surface area (Å²) >= 11 is 0. The Bertz CT molecular complexity index is 415. The van der Waals surface area contributed by atoms with E-state index in [-0.39, 0.29) is 18.2 Å². The van der Waals surface area contributed by atoms with E-state index in [1.165, 1.54) is 22.3 Å². The topological polar surface area (TPSA) is 58.3 Å². The van der Waals surface area contributed by atoms with Gasteiger partial charge < -0.3 is 16.2 Å². The Morgan fingerprint density at radius 3 is 2.21 bits per heavy atom. The molecule has 0 saturated heterocycles. The third kappa shape index (κ3) is 4.60. The smallest absolute Gasteiger partial charge is 0.0526 e. The molecule has 0 spiro atoms. The minimum atomic E-state index is -0.290. The van der Waals surface area contributed by atoms with E-state index in [4.69, 9.17) is 5.73 Å². The lowest BCUT2D eigenvalue weighted by Gasteiger charge is -2.25. The number of rotatable bonds is 6. The van der Waals surface area contributed by atoms with Crippen LogP contribution >= 0.6 is 0 Å². The molecule has 19 heavy (non-hydrogen) atoms. The first-order valence-electron chi connectivity index (χ1n) is 7.07. The molecule has 3 nitrogen and oxygen atoms in total. The molecule has 1 rings (SSSR count). The van der Waals surface area contributed by atoms with E-state index in [1.807, 2.05) is 6.92 Å². The lowest BCUT2D eigenvalue weighted by atomic mass is 9.95. The molecule has 0 aromatic heterocycles. The second-order valence-corrected chi connectivity index (χ2v) is 5.73. The summed E-state index contributed by atoms with van der Waals surface area (Å²) in [6.45, 7) is 10.9. The van der Waals surface area contributed by atoms with Crippen LogP contribution in [-0.4, -0.2) is 23.8 Å². The van der Waals surface area contributed by atoms with Gasteiger partial charge in [0.1, 0.15) is 0 Å². The van der Waals surface area contributed by atoms with Gasteiger partial charge in [0, 0.05) is 18.6 Å². The van der Waals surface area contributed by atoms with Gasteiger partial charge in [-0.1, -0.05) is 12.1 Å². The first kappa shape index (κ1) is 16.2. The average Bonchev–Trinajstić information content (AvgIpc) is 2.30. The molecular weight excluding hydrogens is 236 g/mol. The van der Waals surface area contributed by atoms with E-state index in [0.717, 1.165) is 6.42 Å². The molecule has 3 unspecified atom stereocenters. The van der Waals surface area contributed by atoms with E-state index >= 15 is 0 Å². The molecule has 0 fully saturated rings. The number of hydrogen-bond acceptors (Lipinski definition) is 3. The van der Waals surface area contributed by atoms with Crippen LogP contribution in [0, 0.1) is 20.8 Å². The fourth-order valence-corrected chi connectivity index (χ4v) is 2.57. The van der Waals surface area contributed by atoms with E-state index < -0.39 is 0 Å². The number of aliphatic hydroxyl groups is 1. The van der Waals surface area contributed by atoms with Gasteiger partial charge in [0.05, 0.1) is 6.10 Å². The Kier molecular flexibility index (Phi) is 5.98. The first-order chi connectivity index (χ1) is 8.85. The normalized spacial score (nSPS) is 16.2. The van der Waals surface area contributed by atoms with Crippen molar-refractivity contribution in [1.29, 1.82) is 0 Å². The van der Waals surface area contributed by atoms with Gasteiger partial charge in [0.25, 0.3) is 0 Å². The number of hydrogen-bond donors (Lipinski definition) is 3. The lowest BCUT2D eigenvalue weighted by molar-refractivity contribution is 0.168. The van der Waals surface area contributed by atoms with Gasteiger partial charge in [-0.25, -0.2) is 0 Å². The van der Waals surface area contributed by atoms with Crippen molar-refractivity contribution in [2.75, 3.05) is 6.54 Å². The summed E-state index contributed by atoms with van der Waals surface area (Å²) in [7, 11) is 0. The van der Waals surface area contributed by atoms with E-state index in [0.29, 0.717) is 6.54 Å². The molecule has 0 aliphatic carbocycles. The molecule has 0 heterocycles. The number of nitrogens with two attached hydrogens (primary N) is 1. The van der Waals surface area contributed by atoms with Crippen LogP contribution in [0.3, 0.4) is 0 Å². The maximum Gasteiger partial charge on any atom is 0.0526 e. The summed E-state index contributed by atoms with van der Waals surface area (Å²) in [5, 5.41) is 13.0. The molecule has 0 aliphatic heterocycles. The van der Waals surface area contributed by atoms with Gasteiger partial charge in [0.15, 0.2) is 0 Å². The quantitative estimate of drug-likeness (QED) is 0.739. The summed E-state index contributed by atoms with van der Waals surface area (Å²) in [5.41, 5.74) is 11.1. The summed E-state index contributed by atoms with van der Waals surface area (Å²) in [4.78, 5) is 0. The second-order valence-electron chi connectivity index (χ2n) is 5.73. The van der Waals surface area contributed by atoms with Crippen molar-refractivity contribution < 1.29 is 5.11 Å². The zero-order valence-corrected chi connectivity index (χ0v) is 12.8. The zero-order valence-electron chi connectivity index (χ0n) is 12.8. The molecule has 1 aromatic rings. The molecule has 0 bridgehead atoms. The molecule has 0 amide bonds. The molecule has 1 aromatic carbocycles. The van der Waals surface area contributed by atoms with Crippen LogP contribution in [-0.2, 0) is 0 Å². The molecule has 0 aliphatic rings. The highest BCUT2D eigenvalue weighted by Crippen LogP contribution is 2.22. The highest BCUT2D eigenvalue weighted by molar-refractivity contribution is 5.38. The maximum atomic E-state index is 9.44. The van der Waals surface area contributed by atoms with Crippen LogP contribution in [0.15, 0.2) is 12.1 Å². The maximum absolute atomic E-state index is 9.44. The van der Waals surface area contributed by atoms with Gasteiger partial charge in [-0.05, 0) is 63.3 Å². The highest BCUT2D eigenvalue weighted by Gasteiger charge is 2.16. The van der Waals surface area contributed by atoms with Gasteiger partial charge in [0.2, 0.25) is 0 Å². The number of aryl methyl sites for hydroxylation is 3. The van der Waals surface area contributed by atoms with Crippen LogP contribution in [0.25, 0.3) is 0 Å². The number of benzene rings is 1. The third-order valence-corrected chi connectivity index (χ3v) is 3.67. The standard InChI is InChI=1S/C16H28N2O/c1-10-6-12(3)15(7-11(10)2)16(9-17)18-13(4)8-14(5)19/h6-7,13-14,16,18-19H,8-9,17H2,1-5H3. The van der Waals surface area contributed by atoms with Crippen LogP contribution in [0.5, 0.6) is 0 Å². The van der Waals surface area contributed by atoms with Crippen molar-refractivity contribution in [2.24, 2.45) is 5.73 Å². The Balaban J connectivity index is 2.88. The minimum absolute atomic E-state index is 0.146. The Morgan fingerprint density at radius 1 is 1.11 bits per heavy atom. The lowest BCUT2D eigenvalue weighted by Crippen LogP contribution is -2.37. The minimum Gasteiger partial charge on any atom is -0.393 e. The van der Waals surface area contributed by atoms with Crippen LogP contribution in [0.4, 0.5) is 0 Å². The van der Waals surface area contributed by atoms with Crippen molar-refractivity contribution in [2.45, 2.75) is 59.2 Å². The molecule has 4 N–H and O–H groups in total. The van der Waals surface area contributed by atoms with Crippen molar-refractivity contribution in [3.8, 4) is 0 Å². The van der Waals surface area contributed by atoms with Gasteiger partial charge in [-0.2, -0.15) is 0 Å². The van der Waals surface area contributed by atoms with Gasteiger partial charge in [-0.15, -0.1) is 0 Å². The predicted octanol–water partition coefficient (Wildman–Crippen LogP) is 2.36. The van der Waals surface area contributed by atoms with Crippen LogP contribution in [0.2, 0.25) is 0 Å². The van der Waals surface area contributed by atoms with E-state index in [1.54, 1.807) is 0 Å². The monoisotopic (exact) mass is 264 g/mol. The molecule has 0 radical (unpaired) electrons. The molecule has 3 atom stereocenters. The number of aliphatic hydroxyl groups excluding tert-OH is 1. The van der Waals surface area contributed by atoms with Crippen molar-refractivity contribution >= 4 is 0 Å². The summed E-state index contributed by atoms with van der Waals surface area (Å²) < 4.78 is 0. The third-order valence-electron chi connectivity index (χ3n) is 3.67. The summed E-state index contributed by atoms with van der Waals surface area (Å²) in [6.07, 6.45) is 0.446. The molecule has 0 saturated carbocycles. The SMILES string of the molecule is Cc1cc(C)c(C(CN)NC(C)CC(C)O)cc1C. The Labute approximate surface area is 117 Å². The average molecular weight is 264 g/mol. The van der Waals surface area contributed by atoms with Gasteiger partial charge >= 0.3 is 0 Å². The van der Waals surface area contributed by atoms with E-state index in [9.17, 15) is 5.11 Å². The van der Waals surface area contributed by atoms with Crippen LogP contribution in [0.1, 0.15) is 48.6 Å². The fourth-order valence-electron chi connectivity index (χ4n) is 2.57. The largest absolute Gasteiger partial charge is 0.393 e. The molecule has 108 valence electrons. The van der Waals surface area contributed by atoms with Crippen LogP contribution < -0.4 is 11.1 Å². The van der Waals surface area contributed by atoms with Crippen molar-refractivity contribution in [3.63, 3.8) is 0 Å². The Morgan fingerprint density at radius 2 is 1.68 bits per heavy atom. The first-order valence-corrected chi connectivity index (χ1v) is 7.07. The predicted molar refractivity (Wildman–Crippen MR) is 81.3 cm³/mol. The highest BCUT2D eigenvalue weighted by atomic mass is 16.3. The molecule has 3 heteroatoms.